The van der Waals surface area contributed by atoms with E-state index in [4.69, 9.17) is 4.74 Å². The third-order valence-corrected chi connectivity index (χ3v) is 8.00. The third-order valence-electron chi connectivity index (χ3n) is 8.00. The van der Waals surface area contributed by atoms with Crippen LogP contribution in [-0.2, 0) is 23.4 Å². The first-order valence-electron chi connectivity index (χ1n) is 11.3. The number of aliphatic hydroxyl groups excluding tert-OH is 1. The molecule has 1 spiro atoms. The van der Waals surface area contributed by atoms with Crippen molar-refractivity contribution in [2.45, 2.75) is 75.3 Å². The van der Waals surface area contributed by atoms with Gasteiger partial charge in [0.25, 0.3) is 0 Å². The zero-order chi connectivity index (χ0) is 19.4. The van der Waals surface area contributed by atoms with Crippen LogP contribution >= 0.6 is 0 Å². The molecule has 4 nitrogen and oxygen atoms in total. The van der Waals surface area contributed by atoms with Crippen molar-refractivity contribution in [2.75, 3.05) is 6.54 Å². The third kappa shape index (κ3) is 2.96. The molecule has 4 heteroatoms. The second-order valence-electron chi connectivity index (χ2n) is 9.63. The van der Waals surface area contributed by atoms with Gasteiger partial charge in [-0.2, -0.15) is 0 Å². The molecule has 4 heterocycles. The van der Waals surface area contributed by atoms with Crippen LogP contribution in [0.15, 0.2) is 42.6 Å². The number of aliphatic hydroxyl groups is 1. The summed E-state index contributed by atoms with van der Waals surface area (Å²) < 4.78 is 6.48. The smallest absolute Gasteiger partial charge is 0.0969 e. The molecule has 4 atom stereocenters. The van der Waals surface area contributed by atoms with Crippen LogP contribution in [0.3, 0.4) is 0 Å². The van der Waals surface area contributed by atoms with Crippen LogP contribution in [0.2, 0.25) is 0 Å². The fourth-order valence-corrected chi connectivity index (χ4v) is 6.65. The van der Waals surface area contributed by atoms with Gasteiger partial charge in [-0.15, -0.1) is 0 Å². The standard InChI is InChI=1S/C25H30N2O2/c28-23-12-17(7-8-18-5-3-11-26-24(18)23)15-27-20-9-10-21(27)14-25(13-20)22-6-2-1-4-19(22)16-29-25/h1-6,11,17,20-21,23,28H,7-10,12-16H2/t17-,20?,21?,23+,25?/m0/s1. The van der Waals surface area contributed by atoms with E-state index in [0.717, 1.165) is 50.9 Å². The normalized spacial score (nSPS) is 36.0. The summed E-state index contributed by atoms with van der Waals surface area (Å²) in [6.07, 6.45) is 9.23. The Bertz CT molecular complexity index is 899. The lowest BCUT2D eigenvalue weighted by molar-refractivity contribution is -0.103. The quantitative estimate of drug-likeness (QED) is 0.784. The minimum Gasteiger partial charge on any atom is -0.387 e. The number of aromatic nitrogens is 1. The van der Waals surface area contributed by atoms with Gasteiger partial charge in [-0.05, 0) is 73.6 Å². The molecular formula is C25H30N2O2. The molecule has 0 radical (unpaired) electrons. The molecule has 1 aromatic heterocycles. The fourth-order valence-electron chi connectivity index (χ4n) is 6.65. The van der Waals surface area contributed by atoms with Gasteiger partial charge in [0.05, 0.1) is 24.0 Å². The molecule has 1 aromatic carbocycles. The lowest BCUT2D eigenvalue weighted by atomic mass is 9.79. The molecule has 2 fully saturated rings. The number of rotatable bonds is 2. The summed E-state index contributed by atoms with van der Waals surface area (Å²) in [5, 5.41) is 10.8. The maximum Gasteiger partial charge on any atom is 0.0969 e. The highest BCUT2D eigenvalue weighted by Crippen LogP contribution is 2.52. The van der Waals surface area contributed by atoms with E-state index in [0.29, 0.717) is 18.0 Å². The van der Waals surface area contributed by atoms with Crippen LogP contribution in [-0.4, -0.2) is 33.6 Å². The summed E-state index contributed by atoms with van der Waals surface area (Å²) in [5.74, 6) is 0.535. The van der Waals surface area contributed by atoms with Crippen molar-refractivity contribution in [3.63, 3.8) is 0 Å². The predicted octanol–water partition coefficient (Wildman–Crippen LogP) is 4.12. The summed E-state index contributed by atoms with van der Waals surface area (Å²) in [4.78, 5) is 7.25. The van der Waals surface area contributed by atoms with E-state index in [1.54, 1.807) is 0 Å². The maximum absolute atomic E-state index is 10.8. The molecule has 2 unspecified atom stereocenters. The van der Waals surface area contributed by atoms with Crippen LogP contribution in [0.25, 0.3) is 0 Å². The van der Waals surface area contributed by atoms with Gasteiger partial charge in [0.1, 0.15) is 0 Å². The van der Waals surface area contributed by atoms with E-state index in [2.05, 4.69) is 40.2 Å². The first-order valence-corrected chi connectivity index (χ1v) is 11.3. The van der Waals surface area contributed by atoms with E-state index in [9.17, 15) is 5.11 Å². The van der Waals surface area contributed by atoms with Crippen molar-refractivity contribution in [3.8, 4) is 0 Å². The molecule has 1 aliphatic carbocycles. The van der Waals surface area contributed by atoms with Crippen molar-refractivity contribution in [1.82, 2.24) is 9.88 Å². The number of fused-ring (bicyclic) bond motifs is 5. The van der Waals surface area contributed by atoms with Gasteiger partial charge in [-0.25, -0.2) is 0 Å². The van der Waals surface area contributed by atoms with Gasteiger partial charge in [-0.1, -0.05) is 30.3 Å². The van der Waals surface area contributed by atoms with Gasteiger partial charge in [0.2, 0.25) is 0 Å². The Kier molecular flexibility index (Phi) is 4.30. The van der Waals surface area contributed by atoms with Gasteiger partial charge < -0.3 is 9.84 Å². The average Bonchev–Trinajstić information content (AvgIpc) is 3.13. The summed E-state index contributed by atoms with van der Waals surface area (Å²) >= 11 is 0. The summed E-state index contributed by atoms with van der Waals surface area (Å²) in [7, 11) is 0. The van der Waals surface area contributed by atoms with E-state index in [-0.39, 0.29) is 5.60 Å². The molecule has 29 heavy (non-hydrogen) atoms. The summed E-state index contributed by atoms with van der Waals surface area (Å²) in [6.45, 7) is 1.88. The first kappa shape index (κ1) is 18.1. The number of piperidine rings is 1. The zero-order valence-electron chi connectivity index (χ0n) is 17.0. The Morgan fingerprint density at radius 2 is 1.83 bits per heavy atom. The van der Waals surface area contributed by atoms with Crippen LogP contribution in [0.4, 0.5) is 0 Å². The van der Waals surface area contributed by atoms with Crippen LogP contribution in [0.1, 0.15) is 67.0 Å². The number of aryl methyl sites for hydroxylation is 1. The highest BCUT2D eigenvalue weighted by molar-refractivity contribution is 5.37. The second kappa shape index (κ2) is 6.90. The second-order valence-corrected chi connectivity index (χ2v) is 9.63. The number of hydrogen-bond acceptors (Lipinski definition) is 4. The lowest BCUT2D eigenvalue weighted by Crippen LogP contribution is -2.51. The van der Waals surface area contributed by atoms with E-state index >= 15 is 0 Å². The van der Waals surface area contributed by atoms with Crippen molar-refractivity contribution in [2.24, 2.45) is 5.92 Å². The average molecular weight is 391 g/mol. The minimum absolute atomic E-state index is 0.0535. The van der Waals surface area contributed by atoms with Gasteiger partial charge in [-0.3, -0.25) is 9.88 Å². The molecule has 6 rings (SSSR count). The lowest BCUT2D eigenvalue weighted by Gasteiger charge is -2.45. The van der Waals surface area contributed by atoms with Crippen molar-refractivity contribution >= 4 is 0 Å². The minimum atomic E-state index is -0.419. The summed E-state index contributed by atoms with van der Waals surface area (Å²) in [6, 6.07) is 14.2. The Morgan fingerprint density at radius 3 is 2.69 bits per heavy atom. The van der Waals surface area contributed by atoms with Crippen molar-refractivity contribution in [1.29, 1.82) is 0 Å². The molecule has 3 aliphatic heterocycles. The molecule has 0 saturated carbocycles. The summed E-state index contributed by atoms with van der Waals surface area (Å²) in [5.41, 5.74) is 4.92. The molecule has 2 aromatic rings. The van der Waals surface area contributed by atoms with Crippen molar-refractivity contribution in [3.05, 3.63) is 65.0 Å². The first-order chi connectivity index (χ1) is 14.2. The van der Waals surface area contributed by atoms with E-state index in [1.807, 2.05) is 12.3 Å². The van der Waals surface area contributed by atoms with Gasteiger partial charge in [0, 0.05) is 24.8 Å². The Hall–Kier alpha value is -1.75. The zero-order valence-corrected chi connectivity index (χ0v) is 17.0. The molecule has 2 bridgehead atoms. The molecule has 1 N–H and O–H groups in total. The number of hydrogen-bond donors (Lipinski definition) is 1. The molecule has 2 saturated heterocycles. The largest absolute Gasteiger partial charge is 0.387 e. The number of pyridine rings is 1. The molecule has 152 valence electrons. The van der Waals surface area contributed by atoms with Crippen molar-refractivity contribution < 1.29 is 9.84 Å². The van der Waals surface area contributed by atoms with E-state index in [1.165, 1.54) is 29.5 Å². The monoisotopic (exact) mass is 390 g/mol. The van der Waals surface area contributed by atoms with Crippen LogP contribution in [0, 0.1) is 5.92 Å². The Labute approximate surface area is 172 Å². The fraction of sp³-hybridized carbons (Fsp3) is 0.560. The van der Waals surface area contributed by atoms with Crippen LogP contribution < -0.4 is 0 Å². The molecular weight excluding hydrogens is 360 g/mol. The molecule has 0 amide bonds. The van der Waals surface area contributed by atoms with Crippen LogP contribution in [0.5, 0.6) is 0 Å². The Balaban J connectivity index is 1.19. The number of nitrogens with zero attached hydrogens (tertiary/aromatic N) is 2. The van der Waals surface area contributed by atoms with Gasteiger partial charge >= 0.3 is 0 Å². The molecule has 4 aliphatic rings. The Morgan fingerprint density at radius 1 is 1.03 bits per heavy atom. The van der Waals surface area contributed by atoms with Gasteiger partial charge in [0.15, 0.2) is 0 Å². The van der Waals surface area contributed by atoms with E-state index < -0.39 is 6.10 Å². The SMILES string of the molecule is O[C@@H]1C[C@@H](CN2C3CCC2CC2(C3)OCc3ccccc32)CCc2cccnc21. The highest BCUT2D eigenvalue weighted by atomic mass is 16.5. The maximum atomic E-state index is 10.8. The predicted molar refractivity (Wildman–Crippen MR) is 111 cm³/mol. The number of ether oxygens (including phenoxy) is 1. The topological polar surface area (TPSA) is 45.6 Å². The highest BCUT2D eigenvalue weighted by Gasteiger charge is 2.52. The number of benzene rings is 1.